The molecule has 1 aromatic carbocycles. The molecule has 172 valence electrons. The van der Waals surface area contributed by atoms with Crippen LogP contribution in [0.15, 0.2) is 42.7 Å². The van der Waals surface area contributed by atoms with E-state index >= 15 is 4.39 Å². The molecule has 0 aliphatic carbocycles. The quantitative estimate of drug-likeness (QED) is 0.611. The van der Waals surface area contributed by atoms with Gasteiger partial charge in [0, 0.05) is 30.3 Å². The lowest BCUT2D eigenvalue weighted by atomic mass is 9.82. The second-order valence-corrected chi connectivity index (χ2v) is 8.71. The number of alkyl halides is 1. The van der Waals surface area contributed by atoms with Crippen LogP contribution in [-0.4, -0.2) is 63.7 Å². The fourth-order valence-corrected chi connectivity index (χ4v) is 4.86. The molecule has 4 atom stereocenters. The van der Waals surface area contributed by atoms with Crippen LogP contribution in [0.5, 0.6) is 11.6 Å². The third kappa shape index (κ3) is 4.20. The standard InChI is InChI=1S/C24H27FN6O2/c1-31(20-11-15-4-3-5-18(28-15)24(20)25)22-9-8-17(29-30-22)16-7-6-14(10-21(16)32)19-12-27-23(33-2)13-26-19/h6-10,12-13,15,18,20,24,28,32H,3-5,11H2,1-2H3/t15?,18?,20-,24+/m0/s1. The van der Waals surface area contributed by atoms with Crippen molar-refractivity contribution in [3.05, 3.63) is 42.7 Å². The number of rotatable bonds is 5. The molecular formula is C24H27FN6O2. The maximum absolute atomic E-state index is 15.1. The number of hydrogen-bond donors (Lipinski definition) is 2. The molecule has 9 heteroatoms. The average Bonchev–Trinajstić information content (AvgIpc) is 2.86. The number of methoxy groups -OCH3 is 1. The summed E-state index contributed by atoms with van der Waals surface area (Å²) in [6, 6.07) is 8.93. The van der Waals surface area contributed by atoms with Gasteiger partial charge in [0.15, 0.2) is 5.82 Å². The Morgan fingerprint density at radius 2 is 1.97 bits per heavy atom. The zero-order valence-corrected chi connectivity index (χ0v) is 18.6. The topological polar surface area (TPSA) is 96.3 Å². The molecule has 8 nitrogen and oxygen atoms in total. The van der Waals surface area contributed by atoms with E-state index in [1.54, 1.807) is 24.4 Å². The predicted molar refractivity (Wildman–Crippen MR) is 123 cm³/mol. The molecule has 2 aromatic heterocycles. The van der Waals surface area contributed by atoms with Crippen molar-refractivity contribution in [1.82, 2.24) is 25.5 Å². The summed E-state index contributed by atoms with van der Waals surface area (Å²) in [6.07, 6.45) is 5.99. The van der Waals surface area contributed by atoms with Crippen molar-refractivity contribution in [3.63, 3.8) is 0 Å². The first kappa shape index (κ1) is 21.5. The van der Waals surface area contributed by atoms with Gasteiger partial charge >= 0.3 is 0 Å². The van der Waals surface area contributed by atoms with Gasteiger partial charge in [-0.05, 0) is 43.5 Å². The Labute approximate surface area is 191 Å². The van der Waals surface area contributed by atoms with Crippen LogP contribution in [0.2, 0.25) is 0 Å². The lowest BCUT2D eigenvalue weighted by Gasteiger charge is -2.46. The largest absolute Gasteiger partial charge is 0.507 e. The molecule has 2 aliphatic rings. The van der Waals surface area contributed by atoms with Crippen molar-refractivity contribution >= 4 is 5.82 Å². The molecule has 3 aromatic rings. The van der Waals surface area contributed by atoms with Crippen LogP contribution < -0.4 is 15.0 Å². The van der Waals surface area contributed by atoms with Crippen LogP contribution in [0.4, 0.5) is 10.2 Å². The van der Waals surface area contributed by atoms with Crippen LogP contribution in [0.25, 0.3) is 22.5 Å². The Morgan fingerprint density at radius 3 is 2.67 bits per heavy atom. The van der Waals surface area contributed by atoms with Gasteiger partial charge in [-0.25, -0.2) is 14.4 Å². The summed E-state index contributed by atoms with van der Waals surface area (Å²) in [5.41, 5.74) is 2.44. The van der Waals surface area contributed by atoms with E-state index in [0.717, 1.165) is 31.2 Å². The summed E-state index contributed by atoms with van der Waals surface area (Å²) in [4.78, 5) is 10.3. The Kier molecular flexibility index (Phi) is 5.80. The van der Waals surface area contributed by atoms with E-state index in [9.17, 15) is 5.11 Å². The first-order valence-corrected chi connectivity index (χ1v) is 11.2. The normalized spacial score (nSPS) is 24.3. The minimum absolute atomic E-state index is 0.0653. The number of benzene rings is 1. The molecule has 2 fully saturated rings. The Balaban J connectivity index is 1.33. The molecule has 2 bridgehead atoms. The number of hydrogen-bond acceptors (Lipinski definition) is 8. The third-order valence-corrected chi connectivity index (χ3v) is 6.71. The van der Waals surface area contributed by atoms with Crippen molar-refractivity contribution in [2.45, 2.75) is 50.0 Å². The number of anilines is 1. The van der Waals surface area contributed by atoms with E-state index in [2.05, 4.69) is 25.5 Å². The molecule has 2 saturated heterocycles. The Hall–Kier alpha value is -3.33. The first-order chi connectivity index (χ1) is 16.0. The van der Waals surface area contributed by atoms with Crippen molar-refractivity contribution in [2.24, 2.45) is 0 Å². The van der Waals surface area contributed by atoms with E-state index in [1.807, 2.05) is 24.1 Å². The van der Waals surface area contributed by atoms with Crippen molar-refractivity contribution < 1.29 is 14.2 Å². The molecule has 4 heterocycles. The second kappa shape index (κ2) is 8.90. The Bertz CT molecular complexity index is 1110. The zero-order chi connectivity index (χ0) is 22.9. The summed E-state index contributed by atoms with van der Waals surface area (Å²) in [5, 5.41) is 22.7. The highest BCUT2D eigenvalue weighted by atomic mass is 19.1. The molecule has 0 radical (unpaired) electrons. The summed E-state index contributed by atoms with van der Waals surface area (Å²) < 4.78 is 20.1. The molecule has 0 amide bonds. The van der Waals surface area contributed by atoms with Crippen LogP contribution in [0.3, 0.4) is 0 Å². The van der Waals surface area contributed by atoms with Crippen molar-refractivity contribution in [1.29, 1.82) is 0 Å². The van der Waals surface area contributed by atoms with E-state index in [0.29, 0.717) is 34.7 Å². The molecule has 2 aliphatic heterocycles. The van der Waals surface area contributed by atoms with Gasteiger partial charge in [0.25, 0.3) is 0 Å². The average molecular weight is 451 g/mol. The first-order valence-electron chi connectivity index (χ1n) is 11.2. The molecule has 2 N–H and O–H groups in total. The Morgan fingerprint density at radius 1 is 1.09 bits per heavy atom. The summed E-state index contributed by atoms with van der Waals surface area (Å²) in [5.74, 6) is 1.11. The van der Waals surface area contributed by atoms with E-state index in [1.165, 1.54) is 13.3 Å². The van der Waals surface area contributed by atoms with Crippen LogP contribution in [-0.2, 0) is 0 Å². The number of fused-ring (bicyclic) bond motifs is 2. The SMILES string of the molecule is COc1cnc(-c2ccc(-c3ccc(N(C)[C@H]4CC5CCCC(N5)[C@H]4F)nn3)c(O)c2)cn1. The summed E-state index contributed by atoms with van der Waals surface area (Å²) in [6.45, 7) is 0. The fourth-order valence-electron chi connectivity index (χ4n) is 4.86. The number of nitrogens with zero attached hydrogens (tertiary/aromatic N) is 5. The minimum atomic E-state index is -0.939. The van der Waals surface area contributed by atoms with Crippen LogP contribution in [0, 0.1) is 0 Å². The number of ether oxygens (including phenoxy) is 1. The molecule has 0 saturated carbocycles. The zero-order valence-electron chi connectivity index (χ0n) is 18.6. The fraction of sp³-hybridized carbons (Fsp3) is 0.417. The maximum atomic E-state index is 15.1. The highest BCUT2D eigenvalue weighted by Gasteiger charge is 2.41. The van der Waals surface area contributed by atoms with Gasteiger partial charge in [-0.15, -0.1) is 10.2 Å². The number of phenolic OH excluding ortho intramolecular Hbond substituents is 1. The smallest absolute Gasteiger partial charge is 0.232 e. The van der Waals surface area contributed by atoms with E-state index in [-0.39, 0.29) is 17.8 Å². The number of halogens is 1. The lowest BCUT2D eigenvalue weighted by Crippen LogP contribution is -2.61. The van der Waals surface area contributed by atoms with Gasteiger partial charge in [-0.1, -0.05) is 12.5 Å². The second-order valence-electron chi connectivity index (χ2n) is 8.71. The molecule has 2 unspecified atom stereocenters. The molecule has 5 rings (SSSR count). The van der Waals surface area contributed by atoms with Crippen molar-refractivity contribution in [2.75, 3.05) is 19.1 Å². The van der Waals surface area contributed by atoms with Gasteiger partial charge in [0.1, 0.15) is 11.9 Å². The summed E-state index contributed by atoms with van der Waals surface area (Å²) in [7, 11) is 3.41. The molecular weight excluding hydrogens is 423 g/mol. The van der Waals surface area contributed by atoms with Gasteiger partial charge in [-0.3, -0.25) is 0 Å². The van der Waals surface area contributed by atoms with Crippen molar-refractivity contribution in [3.8, 4) is 34.1 Å². The molecule has 33 heavy (non-hydrogen) atoms. The van der Waals surface area contributed by atoms with E-state index in [4.69, 9.17) is 4.74 Å². The van der Waals surface area contributed by atoms with Crippen LogP contribution >= 0.6 is 0 Å². The number of aromatic hydroxyl groups is 1. The molecule has 0 spiro atoms. The highest BCUT2D eigenvalue weighted by Crippen LogP contribution is 2.34. The van der Waals surface area contributed by atoms with Gasteiger partial charge < -0.3 is 20.1 Å². The minimum Gasteiger partial charge on any atom is -0.507 e. The van der Waals surface area contributed by atoms with Crippen LogP contribution in [0.1, 0.15) is 25.7 Å². The lowest BCUT2D eigenvalue weighted by molar-refractivity contribution is 0.107. The number of piperidine rings is 2. The predicted octanol–water partition coefficient (Wildman–Crippen LogP) is 3.37. The third-order valence-electron chi connectivity index (χ3n) is 6.71. The van der Waals surface area contributed by atoms with Gasteiger partial charge in [-0.2, -0.15) is 0 Å². The van der Waals surface area contributed by atoms with Gasteiger partial charge in [0.05, 0.1) is 36.9 Å². The number of aromatic nitrogens is 4. The number of nitrogens with one attached hydrogen (secondary N) is 1. The highest BCUT2D eigenvalue weighted by molar-refractivity contribution is 5.73. The van der Waals surface area contributed by atoms with E-state index < -0.39 is 6.17 Å². The number of phenols is 1. The summed E-state index contributed by atoms with van der Waals surface area (Å²) >= 11 is 0. The monoisotopic (exact) mass is 450 g/mol. The maximum Gasteiger partial charge on any atom is 0.232 e. The van der Waals surface area contributed by atoms with Gasteiger partial charge in [0.2, 0.25) is 5.88 Å².